The van der Waals surface area contributed by atoms with E-state index in [2.05, 4.69) is 26.1 Å². The highest BCUT2D eigenvalue weighted by Crippen LogP contribution is 2.44. The van der Waals surface area contributed by atoms with Crippen LogP contribution in [0.2, 0.25) is 0 Å². The van der Waals surface area contributed by atoms with E-state index in [0.717, 1.165) is 5.56 Å². The molecule has 202 valence electrons. The Labute approximate surface area is 227 Å². The van der Waals surface area contributed by atoms with Crippen molar-refractivity contribution in [3.8, 4) is 11.5 Å². The van der Waals surface area contributed by atoms with Crippen LogP contribution in [0.25, 0.3) is 5.76 Å². The van der Waals surface area contributed by atoms with Crippen LogP contribution in [0.1, 0.15) is 50.4 Å². The fraction of sp³-hybridized carbons (Fsp3) is 0.258. The highest BCUT2D eigenvalue weighted by molar-refractivity contribution is 6.51. The zero-order valence-corrected chi connectivity index (χ0v) is 22.9. The van der Waals surface area contributed by atoms with E-state index < -0.39 is 17.7 Å². The second-order valence-electron chi connectivity index (χ2n) is 10.3. The minimum absolute atomic E-state index is 0.0723. The molecule has 0 spiro atoms. The number of carbonyl (C=O) groups is 3. The number of methoxy groups -OCH3 is 2. The molecule has 0 radical (unpaired) electrons. The number of carbonyl (C=O) groups excluding carboxylic acids is 3. The molecule has 3 aromatic carbocycles. The molecular formula is C31H32N2O6. The third-order valence-electron chi connectivity index (χ3n) is 6.65. The van der Waals surface area contributed by atoms with Gasteiger partial charge in [0.15, 0.2) is 0 Å². The summed E-state index contributed by atoms with van der Waals surface area (Å²) in [5.74, 6) is -1.47. The standard InChI is InChI=1S/C31H32N2O6/c1-18(34)32-21-8-7-9-22(16-21)33-27(19-10-12-20(13-11-19)31(2,3)4)26(29(36)30(33)37)28(35)24-15-14-23(38-5)17-25(24)39-6/h7-17,27,35H,1-6H3,(H,32,34)/b28-26-. The van der Waals surface area contributed by atoms with Crippen molar-refractivity contribution in [3.05, 3.63) is 89.0 Å². The van der Waals surface area contributed by atoms with Crippen LogP contribution >= 0.6 is 0 Å². The van der Waals surface area contributed by atoms with Crippen molar-refractivity contribution in [1.82, 2.24) is 0 Å². The van der Waals surface area contributed by atoms with E-state index >= 15 is 0 Å². The molecule has 1 aliphatic heterocycles. The predicted molar refractivity (Wildman–Crippen MR) is 150 cm³/mol. The molecule has 8 nitrogen and oxygen atoms in total. The van der Waals surface area contributed by atoms with Gasteiger partial charge in [-0.15, -0.1) is 0 Å². The van der Waals surface area contributed by atoms with Gasteiger partial charge in [0.2, 0.25) is 5.91 Å². The molecule has 1 fully saturated rings. The molecule has 2 N–H and O–H groups in total. The number of aliphatic hydroxyl groups is 1. The maximum atomic E-state index is 13.6. The molecule has 1 aliphatic rings. The maximum Gasteiger partial charge on any atom is 0.300 e. The van der Waals surface area contributed by atoms with Gasteiger partial charge in [-0.05, 0) is 46.9 Å². The number of hydrogen-bond acceptors (Lipinski definition) is 6. The summed E-state index contributed by atoms with van der Waals surface area (Å²) in [6, 6.07) is 18.2. The molecule has 0 aromatic heterocycles. The van der Waals surface area contributed by atoms with Crippen molar-refractivity contribution in [3.63, 3.8) is 0 Å². The number of hydrogen-bond donors (Lipinski definition) is 2. The lowest BCUT2D eigenvalue weighted by Crippen LogP contribution is -2.29. The maximum absolute atomic E-state index is 13.6. The van der Waals surface area contributed by atoms with E-state index in [4.69, 9.17) is 9.47 Å². The van der Waals surface area contributed by atoms with Gasteiger partial charge < -0.3 is 19.9 Å². The van der Waals surface area contributed by atoms with Crippen molar-refractivity contribution in [2.24, 2.45) is 0 Å². The van der Waals surface area contributed by atoms with Crippen LogP contribution < -0.4 is 19.7 Å². The molecule has 1 saturated heterocycles. The zero-order valence-electron chi connectivity index (χ0n) is 22.9. The Morgan fingerprint density at radius 2 is 1.64 bits per heavy atom. The SMILES string of the molecule is COc1ccc(/C(O)=C2/C(=O)C(=O)N(c3cccc(NC(C)=O)c3)C2c2ccc(C(C)(C)C)cc2)c(OC)c1. The minimum Gasteiger partial charge on any atom is -0.507 e. The van der Waals surface area contributed by atoms with Gasteiger partial charge >= 0.3 is 0 Å². The Morgan fingerprint density at radius 1 is 0.949 bits per heavy atom. The molecule has 39 heavy (non-hydrogen) atoms. The van der Waals surface area contributed by atoms with Crippen LogP contribution in [0.15, 0.2) is 72.3 Å². The van der Waals surface area contributed by atoms with Gasteiger partial charge in [-0.2, -0.15) is 0 Å². The van der Waals surface area contributed by atoms with E-state index in [0.29, 0.717) is 22.7 Å². The number of ether oxygens (including phenoxy) is 2. The Bertz CT molecular complexity index is 1470. The van der Waals surface area contributed by atoms with Crippen LogP contribution in [0.3, 0.4) is 0 Å². The van der Waals surface area contributed by atoms with E-state index in [-0.39, 0.29) is 34.0 Å². The molecule has 2 amide bonds. The molecule has 3 aromatic rings. The second-order valence-corrected chi connectivity index (χ2v) is 10.3. The van der Waals surface area contributed by atoms with Crippen molar-refractivity contribution in [2.75, 3.05) is 24.4 Å². The number of anilines is 2. The number of Topliss-reactive ketones (excluding diaryl/α,β-unsaturated/α-hetero) is 1. The summed E-state index contributed by atoms with van der Waals surface area (Å²) in [5.41, 5.74) is 2.66. The lowest BCUT2D eigenvalue weighted by Gasteiger charge is -2.27. The fourth-order valence-corrected chi connectivity index (χ4v) is 4.66. The summed E-state index contributed by atoms with van der Waals surface area (Å²) in [7, 11) is 2.95. The minimum atomic E-state index is -0.932. The van der Waals surface area contributed by atoms with Gasteiger partial charge in [-0.25, -0.2) is 0 Å². The van der Waals surface area contributed by atoms with Crippen LogP contribution in [-0.2, 0) is 19.8 Å². The van der Waals surface area contributed by atoms with E-state index in [1.165, 1.54) is 26.0 Å². The van der Waals surface area contributed by atoms with Gasteiger partial charge in [0.05, 0.1) is 31.4 Å². The Morgan fingerprint density at radius 3 is 2.23 bits per heavy atom. The summed E-state index contributed by atoms with van der Waals surface area (Å²) in [4.78, 5) is 40.1. The van der Waals surface area contributed by atoms with Crippen LogP contribution in [-0.4, -0.2) is 36.9 Å². The molecule has 0 aliphatic carbocycles. The first-order chi connectivity index (χ1) is 18.5. The zero-order chi connectivity index (χ0) is 28.5. The average Bonchev–Trinajstić information content (AvgIpc) is 3.17. The third-order valence-corrected chi connectivity index (χ3v) is 6.65. The van der Waals surface area contributed by atoms with Crippen LogP contribution in [0.5, 0.6) is 11.5 Å². The molecule has 0 bridgehead atoms. The van der Waals surface area contributed by atoms with Crippen molar-refractivity contribution in [1.29, 1.82) is 0 Å². The molecule has 1 heterocycles. The van der Waals surface area contributed by atoms with Gasteiger partial charge in [0.1, 0.15) is 17.3 Å². The van der Waals surface area contributed by atoms with Crippen molar-refractivity contribution < 1.29 is 29.0 Å². The molecular weight excluding hydrogens is 496 g/mol. The average molecular weight is 529 g/mol. The van der Waals surface area contributed by atoms with Gasteiger partial charge in [-0.1, -0.05) is 51.1 Å². The number of ketones is 1. The smallest absolute Gasteiger partial charge is 0.300 e. The largest absolute Gasteiger partial charge is 0.507 e. The van der Waals surface area contributed by atoms with E-state index in [1.807, 2.05) is 24.3 Å². The van der Waals surface area contributed by atoms with Gasteiger partial charge in [0.25, 0.3) is 11.7 Å². The van der Waals surface area contributed by atoms with Gasteiger partial charge in [-0.3, -0.25) is 19.3 Å². The Hall–Kier alpha value is -4.59. The van der Waals surface area contributed by atoms with E-state index in [1.54, 1.807) is 42.5 Å². The van der Waals surface area contributed by atoms with Gasteiger partial charge in [0, 0.05) is 24.4 Å². The first-order valence-electron chi connectivity index (χ1n) is 12.5. The number of amides is 2. The fourth-order valence-electron chi connectivity index (χ4n) is 4.66. The first-order valence-corrected chi connectivity index (χ1v) is 12.5. The monoisotopic (exact) mass is 528 g/mol. The highest BCUT2D eigenvalue weighted by atomic mass is 16.5. The Balaban J connectivity index is 1.95. The molecule has 1 unspecified atom stereocenters. The molecule has 1 atom stereocenters. The third kappa shape index (κ3) is 5.36. The number of aliphatic hydroxyl groups excluding tert-OH is 1. The summed E-state index contributed by atoms with van der Waals surface area (Å²) in [5, 5.41) is 14.2. The molecule has 0 saturated carbocycles. The Kier molecular flexibility index (Phi) is 7.49. The predicted octanol–water partition coefficient (Wildman–Crippen LogP) is 5.59. The lowest BCUT2D eigenvalue weighted by atomic mass is 9.85. The molecule has 8 heteroatoms. The first kappa shape index (κ1) is 27.4. The quantitative estimate of drug-likeness (QED) is 0.246. The van der Waals surface area contributed by atoms with E-state index in [9.17, 15) is 19.5 Å². The highest BCUT2D eigenvalue weighted by Gasteiger charge is 2.47. The van der Waals surface area contributed by atoms with Crippen molar-refractivity contribution in [2.45, 2.75) is 39.2 Å². The number of benzene rings is 3. The lowest BCUT2D eigenvalue weighted by molar-refractivity contribution is -0.132. The number of rotatable bonds is 6. The second kappa shape index (κ2) is 10.6. The molecule has 4 rings (SSSR count). The number of nitrogens with zero attached hydrogens (tertiary/aromatic N) is 1. The summed E-state index contributed by atoms with van der Waals surface area (Å²) >= 11 is 0. The van der Waals surface area contributed by atoms with Crippen LogP contribution in [0.4, 0.5) is 11.4 Å². The number of nitrogens with one attached hydrogen (secondary N) is 1. The normalized spacial score (nSPS) is 16.8. The summed E-state index contributed by atoms with van der Waals surface area (Å²) in [6.07, 6.45) is 0. The topological polar surface area (TPSA) is 105 Å². The van der Waals surface area contributed by atoms with Crippen molar-refractivity contribution >= 4 is 34.7 Å². The van der Waals surface area contributed by atoms with Crippen LogP contribution in [0, 0.1) is 0 Å². The summed E-state index contributed by atoms with van der Waals surface area (Å²) in [6.45, 7) is 7.67. The summed E-state index contributed by atoms with van der Waals surface area (Å²) < 4.78 is 10.7.